The van der Waals surface area contributed by atoms with Gasteiger partial charge in [-0.15, -0.1) is 11.6 Å². The smallest absolute Gasteiger partial charge is 0.0390 e. The minimum Gasteiger partial charge on any atom is -0.120 e. The summed E-state index contributed by atoms with van der Waals surface area (Å²) in [5, 5.41) is 0. The molecule has 13 heavy (non-hydrogen) atoms. The molecular formula is C12H25Cl. The zero-order chi connectivity index (χ0) is 10.7. The molecule has 0 aromatic heterocycles. The Balaban J connectivity index is 3.89. The maximum Gasteiger partial charge on any atom is 0.0390 e. The van der Waals surface area contributed by atoms with E-state index in [0.717, 1.165) is 12.3 Å². The zero-order valence-electron chi connectivity index (χ0n) is 10.1. The summed E-state index contributed by atoms with van der Waals surface area (Å²) in [6.07, 6.45) is 3.62. The molecule has 0 heterocycles. The summed E-state index contributed by atoms with van der Waals surface area (Å²) in [5.74, 6) is 0.786. The van der Waals surface area contributed by atoms with Gasteiger partial charge in [0.05, 0.1) is 0 Å². The SMILES string of the molecule is CC(C)CC(C)(C)CCC(C)(C)Cl. The Labute approximate surface area is 89.1 Å². The van der Waals surface area contributed by atoms with Gasteiger partial charge in [0.15, 0.2) is 0 Å². The van der Waals surface area contributed by atoms with Gasteiger partial charge in [-0.3, -0.25) is 0 Å². The van der Waals surface area contributed by atoms with Gasteiger partial charge in [0, 0.05) is 4.87 Å². The Hall–Kier alpha value is 0.290. The molecule has 0 rings (SSSR count). The fourth-order valence-corrected chi connectivity index (χ4v) is 1.94. The molecule has 0 unspecified atom stereocenters. The minimum absolute atomic E-state index is 0.0335. The first-order chi connectivity index (χ1) is 5.62. The van der Waals surface area contributed by atoms with Crippen LogP contribution < -0.4 is 0 Å². The van der Waals surface area contributed by atoms with Crippen molar-refractivity contribution >= 4 is 11.6 Å². The summed E-state index contributed by atoms with van der Waals surface area (Å²) in [7, 11) is 0. The molecule has 0 bridgehead atoms. The van der Waals surface area contributed by atoms with Crippen LogP contribution >= 0.6 is 11.6 Å². The second-order valence-corrected chi connectivity index (χ2v) is 7.00. The van der Waals surface area contributed by atoms with E-state index in [4.69, 9.17) is 11.6 Å². The van der Waals surface area contributed by atoms with Gasteiger partial charge in [-0.2, -0.15) is 0 Å². The molecule has 0 spiro atoms. The molecule has 0 aliphatic carbocycles. The van der Waals surface area contributed by atoms with Crippen LogP contribution in [0.1, 0.15) is 60.8 Å². The quantitative estimate of drug-likeness (QED) is 0.562. The lowest BCUT2D eigenvalue weighted by molar-refractivity contribution is 0.251. The van der Waals surface area contributed by atoms with Crippen LogP contribution in [0.2, 0.25) is 0 Å². The van der Waals surface area contributed by atoms with Crippen molar-refractivity contribution in [1.82, 2.24) is 0 Å². The van der Waals surface area contributed by atoms with E-state index in [1.54, 1.807) is 0 Å². The molecule has 0 aliphatic rings. The highest BCUT2D eigenvalue weighted by molar-refractivity contribution is 6.23. The molecule has 0 atom stereocenters. The van der Waals surface area contributed by atoms with Gasteiger partial charge in [-0.25, -0.2) is 0 Å². The van der Waals surface area contributed by atoms with Crippen molar-refractivity contribution in [2.24, 2.45) is 11.3 Å². The highest BCUT2D eigenvalue weighted by Gasteiger charge is 2.23. The van der Waals surface area contributed by atoms with Gasteiger partial charge >= 0.3 is 0 Å². The van der Waals surface area contributed by atoms with E-state index < -0.39 is 0 Å². The van der Waals surface area contributed by atoms with Gasteiger partial charge in [0.25, 0.3) is 0 Å². The van der Waals surface area contributed by atoms with E-state index in [2.05, 4.69) is 41.5 Å². The van der Waals surface area contributed by atoms with Crippen molar-refractivity contribution in [2.75, 3.05) is 0 Å². The molecule has 0 aromatic carbocycles. The average molecular weight is 205 g/mol. The van der Waals surface area contributed by atoms with Gasteiger partial charge in [0.1, 0.15) is 0 Å². The van der Waals surface area contributed by atoms with Gasteiger partial charge in [0.2, 0.25) is 0 Å². The summed E-state index contributed by atoms with van der Waals surface area (Å²) < 4.78 is 0. The van der Waals surface area contributed by atoms with E-state index in [-0.39, 0.29) is 4.87 Å². The molecule has 0 fully saturated rings. The molecule has 0 aliphatic heterocycles. The highest BCUT2D eigenvalue weighted by Crippen LogP contribution is 2.34. The predicted octanol–water partition coefficient (Wildman–Crippen LogP) is 4.86. The average Bonchev–Trinajstić information content (AvgIpc) is 1.79. The van der Waals surface area contributed by atoms with Crippen LogP contribution in [-0.4, -0.2) is 4.87 Å². The maximum absolute atomic E-state index is 6.18. The molecule has 0 saturated carbocycles. The Morgan fingerprint density at radius 1 is 1.00 bits per heavy atom. The summed E-state index contributed by atoms with van der Waals surface area (Å²) in [6.45, 7) is 13.5. The van der Waals surface area contributed by atoms with Crippen molar-refractivity contribution in [3.63, 3.8) is 0 Å². The van der Waals surface area contributed by atoms with E-state index >= 15 is 0 Å². The lowest BCUT2D eigenvalue weighted by Gasteiger charge is -2.29. The summed E-state index contributed by atoms with van der Waals surface area (Å²) in [4.78, 5) is -0.0335. The number of hydrogen-bond donors (Lipinski definition) is 0. The molecule has 0 nitrogen and oxygen atoms in total. The molecule has 80 valence electrons. The van der Waals surface area contributed by atoms with E-state index in [0.29, 0.717) is 5.41 Å². The monoisotopic (exact) mass is 204 g/mol. The Morgan fingerprint density at radius 3 is 1.77 bits per heavy atom. The predicted molar refractivity (Wildman–Crippen MR) is 62.4 cm³/mol. The largest absolute Gasteiger partial charge is 0.120 e. The minimum atomic E-state index is -0.0335. The van der Waals surface area contributed by atoms with Crippen LogP contribution in [0.25, 0.3) is 0 Å². The van der Waals surface area contributed by atoms with Crippen molar-refractivity contribution in [3.05, 3.63) is 0 Å². The molecule has 1 heteroatoms. The second kappa shape index (κ2) is 4.68. The normalized spacial score (nSPS) is 13.8. The van der Waals surface area contributed by atoms with Gasteiger partial charge < -0.3 is 0 Å². The highest BCUT2D eigenvalue weighted by atomic mass is 35.5. The van der Waals surface area contributed by atoms with Crippen molar-refractivity contribution in [1.29, 1.82) is 0 Å². The number of rotatable bonds is 5. The first-order valence-corrected chi connectivity index (χ1v) is 5.69. The van der Waals surface area contributed by atoms with E-state index in [1.807, 2.05) is 0 Å². The molecule has 0 saturated heterocycles. The summed E-state index contributed by atoms with van der Waals surface area (Å²) in [5.41, 5.74) is 0.445. The topological polar surface area (TPSA) is 0 Å². The fourth-order valence-electron chi connectivity index (χ4n) is 1.84. The summed E-state index contributed by atoms with van der Waals surface area (Å²) >= 11 is 6.18. The first kappa shape index (κ1) is 13.3. The number of alkyl halides is 1. The molecule has 0 N–H and O–H groups in total. The molecule has 0 radical (unpaired) electrons. The molecule has 0 amide bonds. The third-order valence-corrected chi connectivity index (χ3v) is 2.55. The molecular weight excluding hydrogens is 180 g/mol. The second-order valence-electron chi connectivity index (χ2n) is 5.98. The summed E-state index contributed by atoms with van der Waals surface area (Å²) in [6, 6.07) is 0. The van der Waals surface area contributed by atoms with E-state index in [9.17, 15) is 0 Å². The van der Waals surface area contributed by atoms with Gasteiger partial charge in [-0.05, 0) is 44.4 Å². The number of halogens is 1. The van der Waals surface area contributed by atoms with Crippen molar-refractivity contribution in [2.45, 2.75) is 65.7 Å². The Bertz CT molecular complexity index is 140. The maximum atomic E-state index is 6.18. The lowest BCUT2D eigenvalue weighted by atomic mass is 9.79. The standard InChI is InChI=1S/C12H25Cl/c1-10(2)9-11(3,4)7-8-12(5,6)13/h10H,7-9H2,1-6H3. The van der Waals surface area contributed by atoms with Crippen LogP contribution in [0.15, 0.2) is 0 Å². The van der Waals surface area contributed by atoms with Crippen LogP contribution in [-0.2, 0) is 0 Å². The van der Waals surface area contributed by atoms with Crippen molar-refractivity contribution in [3.8, 4) is 0 Å². The van der Waals surface area contributed by atoms with Crippen LogP contribution in [0.5, 0.6) is 0 Å². The molecule has 0 aromatic rings. The number of hydrogen-bond acceptors (Lipinski definition) is 0. The first-order valence-electron chi connectivity index (χ1n) is 5.31. The van der Waals surface area contributed by atoms with Crippen molar-refractivity contribution < 1.29 is 0 Å². The van der Waals surface area contributed by atoms with Crippen LogP contribution in [0.3, 0.4) is 0 Å². The van der Waals surface area contributed by atoms with E-state index in [1.165, 1.54) is 12.8 Å². The Morgan fingerprint density at radius 2 is 1.46 bits per heavy atom. The third-order valence-electron chi connectivity index (χ3n) is 2.36. The zero-order valence-corrected chi connectivity index (χ0v) is 10.8. The lowest BCUT2D eigenvalue weighted by Crippen LogP contribution is -2.19. The van der Waals surface area contributed by atoms with Crippen LogP contribution in [0, 0.1) is 11.3 Å². The van der Waals surface area contributed by atoms with Crippen LogP contribution in [0.4, 0.5) is 0 Å². The van der Waals surface area contributed by atoms with Gasteiger partial charge in [-0.1, -0.05) is 27.7 Å². The third kappa shape index (κ3) is 8.62. The Kier molecular flexibility index (Phi) is 4.79. The fraction of sp³-hybridized carbons (Fsp3) is 1.00.